The lowest BCUT2D eigenvalue weighted by Crippen LogP contribution is -2.29. The van der Waals surface area contributed by atoms with E-state index in [-0.39, 0.29) is 11.8 Å². The van der Waals surface area contributed by atoms with E-state index in [1.54, 1.807) is 31.2 Å². The van der Waals surface area contributed by atoms with Crippen LogP contribution in [0.15, 0.2) is 42.5 Å². The standard InChI is InChI=1S/C15H14ClF2NO/c1-9(19)15(10-2-4-11(16)5-3-10)20-12-6-7-13(17)14(18)8-12/h2-9,15H,19H2,1H3. The first kappa shape index (κ1) is 14.8. The Hall–Kier alpha value is -1.65. The van der Waals surface area contributed by atoms with E-state index in [0.29, 0.717) is 5.02 Å². The van der Waals surface area contributed by atoms with Gasteiger partial charge in [0.05, 0.1) is 0 Å². The minimum absolute atomic E-state index is 0.223. The molecule has 0 aliphatic rings. The molecule has 2 aromatic carbocycles. The van der Waals surface area contributed by atoms with Gasteiger partial charge in [-0.3, -0.25) is 0 Å². The molecule has 106 valence electrons. The predicted molar refractivity (Wildman–Crippen MR) is 74.8 cm³/mol. The minimum atomic E-state index is -0.956. The molecule has 2 atom stereocenters. The van der Waals surface area contributed by atoms with Crippen molar-refractivity contribution in [1.29, 1.82) is 0 Å². The van der Waals surface area contributed by atoms with Crippen molar-refractivity contribution < 1.29 is 13.5 Å². The summed E-state index contributed by atoms with van der Waals surface area (Å²) in [7, 11) is 0. The van der Waals surface area contributed by atoms with Gasteiger partial charge < -0.3 is 10.5 Å². The summed E-state index contributed by atoms with van der Waals surface area (Å²) in [6.45, 7) is 1.78. The second-order valence-corrected chi connectivity index (χ2v) is 4.96. The molecule has 2 unspecified atom stereocenters. The van der Waals surface area contributed by atoms with Crippen molar-refractivity contribution in [2.45, 2.75) is 19.1 Å². The lowest BCUT2D eigenvalue weighted by molar-refractivity contribution is 0.179. The fraction of sp³-hybridized carbons (Fsp3) is 0.200. The van der Waals surface area contributed by atoms with Crippen LogP contribution in [-0.2, 0) is 0 Å². The van der Waals surface area contributed by atoms with Crippen LogP contribution in [0.2, 0.25) is 5.02 Å². The second-order valence-electron chi connectivity index (χ2n) is 4.53. The zero-order valence-corrected chi connectivity index (χ0v) is 11.6. The van der Waals surface area contributed by atoms with Crippen molar-refractivity contribution in [3.05, 3.63) is 64.7 Å². The van der Waals surface area contributed by atoms with Gasteiger partial charge in [0.25, 0.3) is 0 Å². The molecule has 0 aliphatic heterocycles. The molecule has 0 heterocycles. The van der Waals surface area contributed by atoms with Gasteiger partial charge in [-0.25, -0.2) is 8.78 Å². The van der Waals surface area contributed by atoms with E-state index >= 15 is 0 Å². The van der Waals surface area contributed by atoms with Crippen LogP contribution < -0.4 is 10.5 Å². The Morgan fingerprint density at radius 1 is 1.05 bits per heavy atom. The van der Waals surface area contributed by atoms with Crippen LogP contribution in [-0.4, -0.2) is 6.04 Å². The molecule has 0 spiro atoms. The predicted octanol–water partition coefficient (Wildman–Crippen LogP) is 4.09. The highest BCUT2D eigenvalue weighted by molar-refractivity contribution is 6.30. The molecule has 0 saturated carbocycles. The van der Waals surface area contributed by atoms with Crippen LogP contribution in [0.5, 0.6) is 5.75 Å². The largest absolute Gasteiger partial charge is 0.484 e. The van der Waals surface area contributed by atoms with Gasteiger partial charge in [-0.15, -0.1) is 0 Å². The van der Waals surface area contributed by atoms with Crippen molar-refractivity contribution in [2.24, 2.45) is 5.73 Å². The summed E-state index contributed by atoms with van der Waals surface area (Å²) >= 11 is 5.83. The average Bonchev–Trinajstić information content (AvgIpc) is 2.41. The molecule has 2 rings (SSSR count). The number of hydrogen-bond donors (Lipinski definition) is 1. The molecule has 0 amide bonds. The quantitative estimate of drug-likeness (QED) is 0.922. The molecule has 0 radical (unpaired) electrons. The molecule has 2 nitrogen and oxygen atoms in total. The van der Waals surface area contributed by atoms with Crippen LogP contribution in [0, 0.1) is 11.6 Å². The van der Waals surface area contributed by atoms with E-state index < -0.39 is 17.7 Å². The normalized spacial score (nSPS) is 13.8. The van der Waals surface area contributed by atoms with E-state index in [1.165, 1.54) is 6.07 Å². The third-order valence-corrected chi connectivity index (χ3v) is 3.08. The molecule has 20 heavy (non-hydrogen) atoms. The Morgan fingerprint density at radius 3 is 2.25 bits per heavy atom. The first-order chi connectivity index (χ1) is 9.47. The summed E-state index contributed by atoms with van der Waals surface area (Å²) in [5.74, 6) is -1.65. The Morgan fingerprint density at radius 2 is 1.70 bits per heavy atom. The molecule has 0 fully saturated rings. The van der Waals surface area contributed by atoms with Crippen molar-refractivity contribution >= 4 is 11.6 Å². The van der Waals surface area contributed by atoms with Crippen molar-refractivity contribution in [3.8, 4) is 5.75 Å². The maximum atomic E-state index is 13.2. The maximum absolute atomic E-state index is 13.2. The topological polar surface area (TPSA) is 35.2 Å². The molecular formula is C15H14ClF2NO. The molecule has 5 heteroatoms. The maximum Gasteiger partial charge on any atom is 0.162 e. The van der Waals surface area contributed by atoms with E-state index in [4.69, 9.17) is 22.1 Å². The molecule has 2 N–H and O–H groups in total. The lowest BCUT2D eigenvalue weighted by atomic mass is 10.0. The summed E-state index contributed by atoms with van der Waals surface area (Å²) in [4.78, 5) is 0. The lowest BCUT2D eigenvalue weighted by Gasteiger charge is -2.23. The highest BCUT2D eigenvalue weighted by Crippen LogP contribution is 2.26. The van der Waals surface area contributed by atoms with E-state index in [2.05, 4.69) is 0 Å². The monoisotopic (exact) mass is 297 g/mol. The first-order valence-electron chi connectivity index (χ1n) is 6.10. The highest BCUT2D eigenvalue weighted by Gasteiger charge is 2.19. The molecule has 0 aliphatic carbocycles. The summed E-state index contributed by atoms with van der Waals surface area (Å²) in [6, 6.07) is 10.1. The van der Waals surface area contributed by atoms with Crippen molar-refractivity contribution in [3.63, 3.8) is 0 Å². The van der Waals surface area contributed by atoms with Crippen LogP contribution in [0.3, 0.4) is 0 Å². The van der Waals surface area contributed by atoms with Gasteiger partial charge in [-0.1, -0.05) is 23.7 Å². The molecule has 0 aromatic heterocycles. The summed E-state index contributed by atoms with van der Waals surface area (Å²) in [5.41, 5.74) is 6.71. The number of benzene rings is 2. The smallest absolute Gasteiger partial charge is 0.162 e. The van der Waals surface area contributed by atoms with Crippen LogP contribution in [0.4, 0.5) is 8.78 Å². The molecular weight excluding hydrogens is 284 g/mol. The number of nitrogens with two attached hydrogens (primary N) is 1. The minimum Gasteiger partial charge on any atom is -0.484 e. The number of rotatable bonds is 4. The van der Waals surface area contributed by atoms with Gasteiger partial charge in [0, 0.05) is 17.1 Å². The van der Waals surface area contributed by atoms with Crippen LogP contribution in [0.25, 0.3) is 0 Å². The Labute approximate surface area is 121 Å². The third-order valence-electron chi connectivity index (χ3n) is 2.83. The highest BCUT2D eigenvalue weighted by atomic mass is 35.5. The number of hydrogen-bond acceptors (Lipinski definition) is 2. The van der Waals surface area contributed by atoms with Crippen LogP contribution >= 0.6 is 11.6 Å². The Balaban J connectivity index is 2.25. The molecule has 0 bridgehead atoms. The van der Waals surface area contributed by atoms with Crippen molar-refractivity contribution in [1.82, 2.24) is 0 Å². The summed E-state index contributed by atoms with van der Waals surface area (Å²) in [6.07, 6.45) is -0.475. The van der Waals surface area contributed by atoms with Crippen molar-refractivity contribution in [2.75, 3.05) is 0 Å². The van der Waals surface area contributed by atoms with Gasteiger partial charge >= 0.3 is 0 Å². The van der Waals surface area contributed by atoms with Gasteiger partial charge in [-0.2, -0.15) is 0 Å². The van der Waals surface area contributed by atoms with Gasteiger partial charge in [0.2, 0.25) is 0 Å². The SMILES string of the molecule is CC(N)C(Oc1ccc(F)c(F)c1)c1ccc(Cl)cc1. The number of ether oxygens (including phenoxy) is 1. The van der Waals surface area contributed by atoms with Gasteiger partial charge in [0.15, 0.2) is 11.6 Å². The van der Waals surface area contributed by atoms with Gasteiger partial charge in [-0.05, 0) is 36.8 Å². The molecule has 2 aromatic rings. The zero-order valence-electron chi connectivity index (χ0n) is 10.8. The van der Waals surface area contributed by atoms with Crippen LogP contribution in [0.1, 0.15) is 18.6 Å². The van der Waals surface area contributed by atoms with E-state index in [1.807, 2.05) is 0 Å². The summed E-state index contributed by atoms with van der Waals surface area (Å²) in [5, 5.41) is 0.602. The first-order valence-corrected chi connectivity index (χ1v) is 6.48. The molecule has 0 saturated heterocycles. The van der Waals surface area contributed by atoms with E-state index in [9.17, 15) is 8.78 Å². The Kier molecular flexibility index (Phi) is 4.57. The average molecular weight is 298 g/mol. The number of halogens is 3. The third kappa shape index (κ3) is 3.46. The van der Waals surface area contributed by atoms with Gasteiger partial charge in [0.1, 0.15) is 11.9 Å². The van der Waals surface area contributed by atoms with E-state index in [0.717, 1.165) is 17.7 Å². The fourth-order valence-corrected chi connectivity index (χ4v) is 1.95. The second kappa shape index (κ2) is 6.20. The summed E-state index contributed by atoms with van der Waals surface area (Å²) < 4.78 is 31.7. The Bertz CT molecular complexity index is 587. The fourth-order valence-electron chi connectivity index (χ4n) is 1.83. The zero-order chi connectivity index (χ0) is 14.7.